The van der Waals surface area contributed by atoms with Gasteiger partial charge < -0.3 is 15.1 Å². The van der Waals surface area contributed by atoms with E-state index >= 15 is 0 Å². The SMILES string of the molecule is CCCN(CCO)c1cc([C@@H](C)O)ccn1. The molecule has 1 rings (SSSR count). The minimum Gasteiger partial charge on any atom is -0.395 e. The molecule has 16 heavy (non-hydrogen) atoms. The van der Waals surface area contributed by atoms with Gasteiger partial charge in [-0.15, -0.1) is 0 Å². The van der Waals surface area contributed by atoms with Gasteiger partial charge in [0.25, 0.3) is 0 Å². The Labute approximate surface area is 96.6 Å². The second-order valence-corrected chi connectivity index (χ2v) is 3.83. The first-order chi connectivity index (χ1) is 7.69. The van der Waals surface area contributed by atoms with Crippen LogP contribution in [0.4, 0.5) is 5.82 Å². The highest BCUT2D eigenvalue weighted by Gasteiger charge is 2.08. The van der Waals surface area contributed by atoms with Crippen LogP contribution in [0.25, 0.3) is 0 Å². The fourth-order valence-corrected chi connectivity index (χ4v) is 1.60. The molecule has 1 atom stereocenters. The Balaban J connectivity index is 2.86. The third-order valence-electron chi connectivity index (χ3n) is 2.44. The number of hydrogen-bond acceptors (Lipinski definition) is 4. The summed E-state index contributed by atoms with van der Waals surface area (Å²) in [5, 5.41) is 18.5. The van der Waals surface area contributed by atoms with E-state index in [9.17, 15) is 5.11 Å². The van der Waals surface area contributed by atoms with E-state index in [-0.39, 0.29) is 6.61 Å². The maximum absolute atomic E-state index is 9.49. The fraction of sp³-hybridized carbons (Fsp3) is 0.583. The first-order valence-corrected chi connectivity index (χ1v) is 5.68. The molecular formula is C12H20N2O2. The molecule has 0 saturated heterocycles. The highest BCUT2D eigenvalue weighted by molar-refractivity contribution is 5.41. The summed E-state index contributed by atoms with van der Waals surface area (Å²) in [5.41, 5.74) is 0.851. The van der Waals surface area contributed by atoms with Gasteiger partial charge in [-0.25, -0.2) is 4.98 Å². The number of aromatic nitrogens is 1. The molecule has 1 heterocycles. The molecule has 0 aliphatic carbocycles. The van der Waals surface area contributed by atoms with Gasteiger partial charge in [0, 0.05) is 19.3 Å². The number of nitrogens with zero attached hydrogens (tertiary/aromatic N) is 2. The number of aliphatic hydroxyl groups is 2. The summed E-state index contributed by atoms with van der Waals surface area (Å²) in [4.78, 5) is 6.28. The minimum atomic E-state index is -0.487. The molecule has 0 bridgehead atoms. The van der Waals surface area contributed by atoms with Gasteiger partial charge in [0.2, 0.25) is 0 Å². The standard InChI is InChI=1S/C12H20N2O2/c1-3-6-14(7-8-15)12-9-11(10(2)16)4-5-13-12/h4-5,9-10,15-16H,3,6-8H2,1-2H3/t10-/m1/s1. The summed E-state index contributed by atoms with van der Waals surface area (Å²) in [5.74, 6) is 0.814. The van der Waals surface area contributed by atoms with E-state index in [1.54, 1.807) is 19.2 Å². The van der Waals surface area contributed by atoms with E-state index in [2.05, 4.69) is 11.9 Å². The maximum atomic E-state index is 9.49. The van der Waals surface area contributed by atoms with Gasteiger partial charge in [-0.1, -0.05) is 6.92 Å². The Morgan fingerprint density at radius 2 is 2.19 bits per heavy atom. The largest absolute Gasteiger partial charge is 0.395 e. The molecule has 0 aliphatic rings. The molecule has 1 aromatic heterocycles. The molecule has 4 nitrogen and oxygen atoms in total. The molecule has 0 aliphatic heterocycles. The van der Waals surface area contributed by atoms with Crippen molar-refractivity contribution in [2.45, 2.75) is 26.4 Å². The van der Waals surface area contributed by atoms with Crippen molar-refractivity contribution in [1.82, 2.24) is 4.98 Å². The zero-order chi connectivity index (χ0) is 12.0. The summed E-state index contributed by atoms with van der Waals surface area (Å²) in [7, 11) is 0. The molecule has 0 amide bonds. The fourth-order valence-electron chi connectivity index (χ4n) is 1.60. The molecule has 0 unspecified atom stereocenters. The first-order valence-electron chi connectivity index (χ1n) is 5.68. The normalized spacial score (nSPS) is 12.5. The third kappa shape index (κ3) is 3.47. The summed E-state index contributed by atoms with van der Waals surface area (Å²) >= 11 is 0. The first kappa shape index (κ1) is 12.9. The molecule has 2 N–H and O–H groups in total. The molecule has 4 heteroatoms. The van der Waals surface area contributed by atoms with Gasteiger partial charge in [-0.05, 0) is 31.0 Å². The topological polar surface area (TPSA) is 56.6 Å². The lowest BCUT2D eigenvalue weighted by atomic mass is 10.1. The van der Waals surface area contributed by atoms with E-state index in [1.807, 2.05) is 11.0 Å². The molecule has 0 radical (unpaired) electrons. The van der Waals surface area contributed by atoms with Crippen molar-refractivity contribution in [2.75, 3.05) is 24.6 Å². The summed E-state index contributed by atoms with van der Waals surface area (Å²) in [6.07, 6.45) is 2.21. The highest BCUT2D eigenvalue weighted by atomic mass is 16.3. The van der Waals surface area contributed by atoms with Gasteiger partial charge in [0.15, 0.2) is 0 Å². The van der Waals surface area contributed by atoms with Crippen LogP contribution < -0.4 is 4.90 Å². The van der Waals surface area contributed by atoms with E-state index in [0.29, 0.717) is 6.54 Å². The Kier molecular flexibility index (Phi) is 5.22. The van der Waals surface area contributed by atoms with Crippen LogP contribution in [-0.4, -0.2) is 34.9 Å². The van der Waals surface area contributed by atoms with Crippen molar-refractivity contribution < 1.29 is 10.2 Å². The van der Waals surface area contributed by atoms with Crippen molar-refractivity contribution in [2.24, 2.45) is 0 Å². The molecular weight excluding hydrogens is 204 g/mol. The number of hydrogen-bond donors (Lipinski definition) is 2. The zero-order valence-electron chi connectivity index (χ0n) is 9.93. The molecule has 90 valence electrons. The van der Waals surface area contributed by atoms with Crippen LogP contribution in [0, 0.1) is 0 Å². The predicted octanol–water partition coefficient (Wildman–Crippen LogP) is 1.34. The van der Waals surface area contributed by atoms with Crippen LogP contribution in [0.2, 0.25) is 0 Å². The molecule has 0 aromatic carbocycles. The Morgan fingerprint density at radius 3 is 2.75 bits per heavy atom. The van der Waals surface area contributed by atoms with Gasteiger partial charge >= 0.3 is 0 Å². The van der Waals surface area contributed by atoms with Crippen molar-refractivity contribution >= 4 is 5.82 Å². The number of anilines is 1. The molecule has 1 aromatic rings. The maximum Gasteiger partial charge on any atom is 0.128 e. The summed E-state index contributed by atoms with van der Waals surface area (Å²) in [6, 6.07) is 3.67. The van der Waals surface area contributed by atoms with Crippen molar-refractivity contribution in [3.8, 4) is 0 Å². The van der Waals surface area contributed by atoms with Crippen LogP contribution in [0.1, 0.15) is 31.9 Å². The number of pyridine rings is 1. The van der Waals surface area contributed by atoms with E-state index in [4.69, 9.17) is 5.11 Å². The second-order valence-electron chi connectivity index (χ2n) is 3.83. The predicted molar refractivity (Wildman–Crippen MR) is 64.5 cm³/mol. The molecule has 0 saturated carbocycles. The van der Waals surface area contributed by atoms with E-state index in [1.165, 1.54) is 0 Å². The average molecular weight is 224 g/mol. The molecule has 0 fully saturated rings. The monoisotopic (exact) mass is 224 g/mol. The Morgan fingerprint density at radius 1 is 1.44 bits per heavy atom. The number of aliphatic hydroxyl groups excluding tert-OH is 2. The van der Waals surface area contributed by atoms with Crippen molar-refractivity contribution in [3.63, 3.8) is 0 Å². The van der Waals surface area contributed by atoms with Crippen LogP contribution >= 0.6 is 0 Å². The second kappa shape index (κ2) is 6.45. The third-order valence-corrected chi connectivity index (χ3v) is 2.44. The van der Waals surface area contributed by atoms with E-state index < -0.39 is 6.10 Å². The van der Waals surface area contributed by atoms with Gasteiger partial charge in [-0.2, -0.15) is 0 Å². The van der Waals surface area contributed by atoms with Crippen molar-refractivity contribution in [1.29, 1.82) is 0 Å². The lowest BCUT2D eigenvalue weighted by Crippen LogP contribution is -2.28. The summed E-state index contributed by atoms with van der Waals surface area (Å²) in [6.45, 7) is 5.36. The zero-order valence-corrected chi connectivity index (χ0v) is 9.93. The Bertz CT molecular complexity index is 310. The van der Waals surface area contributed by atoms with Gasteiger partial charge in [-0.3, -0.25) is 0 Å². The minimum absolute atomic E-state index is 0.112. The van der Waals surface area contributed by atoms with Gasteiger partial charge in [0.05, 0.1) is 12.7 Å². The van der Waals surface area contributed by atoms with Crippen LogP contribution in [0.5, 0.6) is 0 Å². The highest BCUT2D eigenvalue weighted by Crippen LogP contribution is 2.17. The van der Waals surface area contributed by atoms with Crippen LogP contribution in [0.15, 0.2) is 18.3 Å². The lowest BCUT2D eigenvalue weighted by Gasteiger charge is -2.22. The van der Waals surface area contributed by atoms with Gasteiger partial charge in [0.1, 0.15) is 5.82 Å². The smallest absolute Gasteiger partial charge is 0.128 e. The quantitative estimate of drug-likeness (QED) is 0.765. The number of rotatable bonds is 6. The average Bonchev–Trinajstić information content (AvgIpc) is 2.29. The Hall–Kier alpha value is -1.13. The molecule has 0 spiro atoms. The van der Waals surface area contributed by atoms with Crippen LogP contribution in [-0.2, 0) is 0 Å². The lowest BCUT2D eigenvalue weighted by molar-refractivity contribution is 0.199. The summed E-state index contributed by atoms with van der Waals surface area (Å²) < 4.78 is 0. The van der Waals surface area contributed by atoms with Crippen LogP contribution in [0.3, 0.4) is 0 Å². The van der Waals surface area contributed by atoms with Crippen molar-refractivity contribution in [3.05, 3.63) is 23.9 Å². The van der Waals surface area contributed by atoms with E-state index in [0.717, 1.165) is 24.3 Å².